The molecule has 2 unspecified atom stereocenters. The highest BCUT2D eigenvalue weighted by atomic mass is 19.1. The van der Waals surface area contributed by atoms with Crippen LogP contribution in [0.3, 0.4) is 0 Å². The summed E-state index contributed by atoms with van der Waals surface area (Å²) in [5.74, 6) is 0.672. The minimum atomic E-state index is -0.346. The van der Waals surface area contributed by atoms with Gasteiger partial charge in [-0.15, -0.1) is 0 Å². The number of aromatic nitrogens is 2. The fraction of sp³-hybridized carbons (Fsp3) is 0.714. The quantitative estimate of drug-likeness (QED) is 0.860. The molecule has 1 aromatic rings. The van der Waals surface area contributed by atoms with Crippen molar-refractivity contribution < 1.29 is 9.50 Å². The number of nitrogens with zero attached hydrogens (tertiary/aromatic N) is 2. The smallest absolute Gasteiger partial charge is 0.186 e. The van der Waals surface area contributed by atoms with Crippen LogP contribution in [0.4, 0.5) is 10.2 Å². The molecule has 0 radical (unpaired) electrons. The van der Waals surface area contributed by atoms with Crippen molar-refractivity contribution in [2.75, 3.05) is 18.5 Å². The van der Waals surface area contributed by atoms with Crippen molar-refractivity contribution >= 4 is 5.82 Å². The van der Waals surface area contributed by atoms with E-state index in [0.717, 1.165) is 12.8 Å². The number of aryl methyl sites for hydroxylation is 1. The molecule has 0 amide bonds. The molecule has 106 valence electrons. The maximum absolute atomic E-state index is 14.0. The van der Waals surface area contributed by atoms with Gasteiger partial charge in [-0.3, -0.25) is 0 Å². The molecule has 1 heterocycles. The molecule has 1 aliphatic rings. The first-order valence-electron chi connectivity index (χ1n) is 7.10. The second-order valence-corrected chi connectivity index (χ2v) is 5.20. The maximum atomic E-state index is 14.0. The SMILES string of the molecule is CCc1ncnc(NCC2CCCCC2CO)c1F. The number of hydrogen-bond donors (Lipinski definition) is 2. The standard InChI is InChI=1S/C14H22FN3O/c1-2-12-13(15)14(18-9-17-12)16-7-10-5-3-4-6-11(10)8-19/h9-11,19H,2-8H2,1H3,(H,16,17,18). The van der Waals surface area contributed by atoms with Crippen LogP contribution in [0.2, 0.25) is 0 Å². The minimum Gasteiger partial charge on any atom is -0.396 e. The summed E-state index contributed by atoms with van der Waals surface area (Å²) in [6.45, 7) is 2.76. The molecular formula is C14H22FN3O. The lowest BCUT2D eigenvalue weighted by Gasteiger charge is -2.30. The summed E-state index contributed by atoms with van der Waals surface area (Å²) < 4.78 is 14.0. The number of rotatable bonds is 5. The first-order chi connectivity index (χ1) is 9.26. The summed E-state index contributed by atoms with van der Waals surface area (Å²) in [7, 11) is 0. The Morgan fingerprint density at radius 2 is 2.05 bits per heavy atom. The summed E-state index contributed by atoms with van der Waals surface area (Å²) in [6, 6.07) is 0. The van der Waals surface area contributed by atoms with E-state index < -0.39 is 0 Å². The number of halogens is 1. The van der Waals surface area contributed by atoms with E-state index in [1.807, 2.05) is 6.92 Å². The van der Waals surface area contributed by atoms with E-state index in [-0.39, 0.29) is 18.2 Å². The highest BCUT2D eigenvalue weighted by Crippen LogP contribution is 2.30. The Morgan fingerprint density at radius 3 is 2.74 bits per heavy atom. The van der Waals surface area contributed by atoms with Crippen LogP contribution in [0.25, 0.3) is 0 Å². The van der Waals surface area contributed by atoms with E-state index in [0.29, 0.717) is 30.5 Å². The second kappa shape index (κ2) is 6.80. The molecule has 1 fully saturated rings. The monoisotopic (exact) mass is 267 g/mol. The fourth-order valence-electron chi connectivity index (χ4n) is 2.80. The molecule has 0 aromatic carbocycles. The minimum absolute atomic E-state index is 0.221. The van der Waals surface area contributed by atoms with E-state index >= 15 is 0 Å². The zero-order valence-electron chi connectivity index (χ0n) is 11.4. The third-order valence-electron chi connectivity index (χ3n) is 4.03. The molecule has 0 bridgehead atoms. The first kappa shape index (κ1) is 14.2. The van der Waals surface area contributed by atoms with Crippen LogP contribution < -0.4 is 5.32 Å². The lowest BCUT2D eigenvalue weighted by molar-refractivity contribution is 0.141. The van der Waals surface area contributed by atoms with Gasteiger partial charge in [0.25, 0.3) is 0 Å². The van der Waals surface area contributed by atoms with Crippen molar-refractivity contribution in [2.24, 2.45) is 11.8 Å². The number of anilines is 1. The first-order valence-corrected chi connectivity index (χ1v) is 7.10. The van der Waals surface area contributed by atoms with Crippen molar-refractivity contribution in [2.45, 2.75) is 39.0 Å². The van der Waals surface area contributed by atoms with Gasteiger partial charge in [-0.2, -0.15) is 0 Å². The van der Waals surface area contributed by atoms with Crippen molar-refractivity contribution in [1.29, 1.82) is 0 Å². The van der Waals surface area contributed by atoms with Crippen molar-refractivity contribution in [3.8, 4) is 0 Å². The summed E-state index contributed by atoms with van der Waals surface area (Å²) in [5.41, 5.74) is 0.444. The predicted octanol–water partition coefficient (Wildman–Crippen LogP) is 2.39. The molecule has 2 rings (SSSR count). The highest BCUT2D eigenvalue weighted by Gasteiger charge is 2.24. The van der Waals surface area contributed by atoms with Gasteiger partial charge in [0, 0.05) is 13.2 Å². The Hall–Kier alpha value is -1.23. The summed E-state index contributed by atoms with van der Waals surface area (Å²) in [5, 5.41) is 12.5. The molecular weight excluding hydrogens is 245 g/mol. The van der Waals surface area contributed by atoms with Crippen molar-refractivity contribution in [1.82, 2.24) is 9.97 Å². The van der Waals surface area contributed by atoms with Gasteiger partial charge in [0.2, 0.25) is 0 Å². The number of nitrogens with one attached hydrogen (secondary N) is 1. The third-order valence-corrected chi connectivity index (χ3v) is 4.03. The number of aliphatic hydroxyl groups excluding tert-OH is 1. The van der Waals surface area contributed by atoms with Crippen LogP contribution in [-0.4, -0.2) is 28.2 Å². The van der Waals surface area contributed by atoms with Crippen molar-refractivity contribution in [3.05, 3.63) is 17.8 Å². The van der Waals surface area contributed by atoms with Crippen LogP contribution in [0.15, 0.2) is 6.33 Å². The fourth-order valence-corrected chi connectivity index (χ4v) is 2.80. The van der Waals surface area contributed by atoms with Gasteiger partial charge in [0.15, 0.2) is 11.6 Å². The van der Waals surface area contributed by atoms with E-state index in [1.165, 1.54) is 19.2 Å². The van der Waals surface area contributed by atoms with E-state index in [4.69, 9.17) is 0 Å². The average Bonchev–Trinajstić information content (AvgIpc) is 2.46. The number of aliphatic hydroxyl groups is 1. The molecule has 2 atom stereocenters. The van der Waals surface area contributed by atoms with Crippen LogP contribution in [0.1, 0.15) is 38.3 Å². The average molecular weight is 267 g/mol. The Kier molecular flexibility index (Phi) is 5.07. The molecule has 19 heavy (non-hydrogen) atoms. The van der Waals surface area contributed by atoms with Crippen LogP contribution in [0, 0.1) is 17.7 Å². The Balaban J connectivity index is 1.98. The molecule has 1 aliphatic carbocycles. The molecule has 0 aliphatic heterocycles. The van der Waals surface area contributed by atoms with Gasteiger partial charge in [0.1, 0.15) is 6.33 Å². The van der Waals surface area contributed by atoms with Gasteiger partial charge in [-0.05, 0) is 31.1 Å². The largest absolute Gasteiger partial charge is 0.396 e. The second-order valence-electron chi connectivity index (χ2n) is 5.20. The highest BCUT2D eigenvalue weighted by molar-refractivity contribution is 5.37. The molecule has 5 heteroatoms. The van der Waals surface area contributed by atoms with Crippen LogP contribution >= 0.6 is 0 Å². The molecule has 1 saturated carbocycles. The van der Waals surface area contributed by atoms with E-state index in [2.05, 4.69) is 15.3 Å². The Morgan fingerprint density at radius 1 is 1.32 bits per heavy atom. The van der Waals surface area contributed by atoms with Gasteiger partial charge in [-0.1, -0.05) is 19.8 Å². The van der Waals surface area contributed by atoms with Crippen LogP contribution in [0.5, 0.6) is 0 Å². The van der Waals surface area contributed by atoms with Gasteiger partial charge < -0.3 is 10.4 Å². The van der Waals surface area contributed by atoms with E-state index in [9.17, 15) is 9.50 Å². The summed E-state index contributed by atoms with van der Waals surface area (Å²) in [4.78, 5) is 7.88. The summed E-state index contributed by atoms with van der Waals surface area (Å²) in [6.07, 6.45) is 6.49. The Labute approximate surface area is 113 Å². The van der Waals surface area contributed by atoms with Crippen molar-refractivity contribution in [3.63, 3.8) is 0 Å². The normalized spacial score (nSPS) is 23.3. The third kappa shape index (κ3) is 3.41. The van der Waals surface area contributed by atoms with E-state index in [1.54, 1.807) is 0 Å². The Bertz CT molecular complexity index is 414. The van der Waals surface area contributed by atoms with Gasteiger partial charge in [0.05, 0.1) is 5.69 Å². The number of hydrogen-bond acceptors (Lipinski definition) is 4. The molecule has 0 spiro atoms. The zero-order chi connectivity index (χ0) is 13.7. The van der Waals surface area contributed by atoms with Gasteiger partial charge >= 0.3 is 0 Å². The maximum Gasteiger partial charge on any atom is 0.186 e. The van der Waals surface area contributed by atoms with Gasteiger partial charge in [-0.25, -0.2) is 14.4 Å². The zero-order valence-corrected chi connectivity index (χ0v) is 11.4. The topological polar surface area (TPSA) is 58.0 Å². The molecule has 0 saturated heterocycles. The lowest BCUT2D eigenvalue weighted by atomic mass is 9.79. The molecule has 4 nitrogen and oxygen atoms in total. The summed E-state index contributed by atoms with van der Waals surface area (Å²) >= 11 is 0. The molecule has 1 aromatic heterocycles. The lowest BCUT2D eigenvalue weighted by Crippen LogP contribution is -2.29. The van der Waals surface area contributed by atoms with Crippen LogP contribution in [-0.2, 0) is 6.42 Å². The molecule has 2 N–H and O–H groups in total. The predicted molar refractivity (Wildman–Crippen MR) is 72.4 cm³/mol.